The lowest BCUT2D eigenvalue weighted by atomic mass is 9.53. The maximum atomic E-state index is 6.22. The molecule has 3 aromatic rings. The van der Waals surface area contributed by atoms with E-state index in [1.54, 1.807) is 0 Å². The smallest absolute Gasteiger partial charge is 0.108 e. The van der Waals surface area contributed by atoms with Gasteiger partial charge in [-0.1, -0.05) is 82.5 Å². The van der Waals surface area contributed by atoms with E-state index in [-0.39, 0.29) is 5.92 Å². The molecule has 0 amide bonds. The summed E-state index contributed by atoms with van der Waals surface area (Å²) < 4.78 is 1.10. The molecule has 3 aliphatic carbocycles. The summed E-state index contributed by atoms with van der Waals surface area (Å²) in [5.74, 6) is 3.45. The zero-order valence-corrected chi connectivity index (χ0v) is 14.0. The minimum atomic E-state index is -0.503. The molecule has 3 aliphatic rings. The predicted octanol–water partition coefficient (Wildman–Crippen LogP) is 5.22. The topological polar surface area (TPSA) is 0 Å². The predicted molar refractivity (Wildman–Crippen MR) is 96.7 cm³/mol. The van der Waals surface area contributed by atoms with Crippen LogP contribution in [0.25, 0.3) is 0 Å². The number of rotatable bonds is 0. The van der Waals surface area contributed by atoms with Gasteiger partial charge in [0, 0.05) is 10.4 Å². The van der Waals surface area contributed by atoms with Gasteiger partial charge >= 0.3 is 0 Å². The second-order valence-electron chi connectivity index (χ2n) is 6.21. The fraction of sp³-hybridized carbons (Fsp3) is 0.0909. The van der Waals surface area contributed by atoms with Gasteiger partial charge in [-0.15, -0.1) is 6.42 Å². The Morgan fingerprint density at radius 3 is 1.96 bits per heavy atom. The van der Waals surface area contributed by atoms with Crippen molar-refractivity contribution < 1.29 is 0 Å². The zero-order valence-electron chi connectivity index (χ0n) is 12.4. The minimum Gasteiger partial charge on any atom is -0.118 e. The van der Waals surface area contributed by atoms with Crippen molar-refractivity contribution in [3.63, 3.8) is 0 Å². The summed E-state index contributed by atoms with van der Waals surface area (Å²) >= 11 is 3.77. The summed E-state index contributed by atoms with van der Waals surface area (Å²) in [5.41, 5.74) is 7.26. The molecule has 0 fully saturated rings. The van der Waals surface area contributed by atoms with Crippen LogP contribution in [0.15, 0.2) is 71.2 Å². The summed E-state index contributed by atoms with van der Waals surface area (Å²) in [6.45, 7) is 0. The second kappa shape index (κ2) is 4.37. The SMILES string of the molecule is C#CC12c3ccccc3C(c3ccccc31)c1cccc(Br)c12. The van der Waals surface area contributed by atoms with Crippen LogP contribution in [0.5, 0.6) is 0 Å². The Labute approximate surface area is 144 Å². The molecule has 0 heterocycles. The number of halogens is 1. The van der Waals surface area contributed by atoms with Crippen LogP contribution in [-0.4, -0.2) is 0 Å². The van der Waals surface area contributed by atoms with E-state index in [0.29, 0.717) is 0 Å². The van der Waals surface area contributed by atoms with Gasteiger partial charge in [-0.2, -0.15) is 0 Å². The average molecular weight is 357 g/mol. The third kappa shape index (κ3) is 1.39. The highest BCUT2D eigenvalue weighted by Gasteiger charge is 2.51. The van der Waals surface area contributed by atoms with Gasteiger partial charge in [-0.3, -0.25) is 0 Å². The summed E-state index contributed by atoms with van der Waals surface area (Å²) in [4.78, 5) is 0. The van der Waals surface area contributed by atoms with E-state index < -0.39 is 5.41 Å². The molecule has 23 heavy (non-hydrogen) atoms. The van der Waals surface area contributed by atoms with Crippen LogP contribution in [0.2, 0.25) is 0 Å². The molecule has 2 bridgehead atoms. The van der Waals surface area contributed by atoms with Crippen molar-refractivity contribution >= 4 is 15.9 Å². The number of benzene rings is 3. The largest absolute Gasteiger partial charge is 0.118 e. The average Bonchev–Trinajstić information content (AvgIpc) is 2.61. The van der Waals surface area contributed by atoms with Crippen molar-refractivity contribution in [3.8, 4) is 12.3 Å². The monoisotopic (exact) mass is 356 g/mol. The van der Waals surface area contributed by atoms with Gasteiger partial charge in [0.05, 0.1) is 0 Å². The Balaban J connectivity index is 2.05. The number of hydrogen-bond donors (Lipinski definition) is 0. The fourth-order valence-electron chi connectivity index (χ4n) is 4.50. The van der Waals surface area contributed by atoms with Gasteiger partial charge in [0.25, 0.3) is 0 Å². The van der Waals surface area contributed by atoms with Gasteiger partial charge in [0.2, 0.25) is 0 Å². The summed E-state index contributed by atoms with van der Waals surface area (Å²) in [6, 6.07) is 23.7. The van der Waals surface area contributed by atoms with E-state index in [0.717, 1.165) is 4.47 Å². The van der Waals surface area contributed by atoms with Crippen LogP contribution in [0, 0.1) is 12.3 Å². The highest BCUT2D eigenvalue weighted by atomic mass is 79.9. The summed E-state index contributed by atoms with van der Waals surface area (Å²) in [5, 5.41) is 0. The molecule has 0 nitrogen and oxygen atoms in total. The molecule has 0 spiro atoms. The second-order valence-corrected chi connectivity index (χ2v) is 7.06. The summed E-state index contributed by atoms with van der Waals surface area (Å²) in [6.07, 6.45) is 6.22. The lowest BCUT2D eigenvalue weighted by Gasteiger charge is -2.48. The molecular formula is C22H13Br. The molecule has 0 radical (unpaired) electrons. The first-order valence-electron chi connectivity index (χ1n) is 7.74. The third-order valence-electron chi connectivity index (χ3n) is 5.30. The first-order valence-corrected chi connectivity index (χ1v) is 8.54. The van der Waals surface area contributed by atoms with E-state index in [1.165, 1.54) is 33.4 Å². The van der Waals surface area contributed by atoms with Gasteiger partial charge in [0.1, 0.15) is 5.41 Å². The summed E-state index contributed by atoms with van der Waals surface area (Å²) in [7, 11) is 0. The maximum absolute atomic E-state index is 6.22. The molecule has 0 saturated carbocycles. The fourth-order valence-corrected chi connectivity index (χ4v) is 5.18. The normalized spacial score (nSPS) is 22.7. The van der Waals surface area contributed by atoms with Crippen molar-refractivity contribution in [2.75, 3.05) is 0 Å². The minimum absolute atomic E-state index is 0.269. The number of terminal acetylenes is 1. The van der Waals surface area contributed by atoms with Gasteiger partial charge < -0.3 is 0 Å². The van der Waals surface area contributed by atoms with E-state index >= 15 is 0 Å². The molecule has 3 aromatic carbocycles. The van der Waals surface area contributed by atoms with Crippen LogP contribution in [0.1, 0.15) is 39.3 Å². The van der Waals surface area contributed by atoms with Crippen LogP contribution in [0.3, 0.4) is 0 Å². The molecule has 108 valence electrons. The molecular weight excluding hydrogens is 344 g/mol. The van der Waals surface area contributed by atoms with Gasteiger partial charge in [0.15, 0.2) is 0 Å². The third-order valence-corrected chi connectivity index (χ3v) is 5.96. The van der Waals surface area contributed by atoms with Crippen LogP contribution in [-0.2, 0) is 5.41 Å². The van der Waals surface area contributed by atoms with Gasteiger partial charge in [-0.05, 0) is 39.4 Å². The Hall–Kier alpha value is -2.30. The van der Waals surface area contributed by atoms with Gasteiger partial charge in [-0.25, -0.2) is 0 Å². The number of hydrogen-bond acceptors (Lipinski definition) is 0. The quantitative estimate of drug-likeness (QED) is 0.484. The van der Waals surface area contributed by atoms with Crippen LogP contribution in [0.4, 0.5) is 0 Å². The molecule has 0 N–H and O–H groups in total. The Morgan fingerprint density at radius 1 is 0.783 bits per heavy atom. The maximum Gasteiger partial charge on any atom is 0.108 e. The molecule has 0 unspecified atom stereocenters. The van der Waals surface area contributed by atoms with Crippen molar-refractivity contribution in [1.29, 1.82) is 0 Å². The lowest BCUT2D eigenvalue weighted by Crippen LogP contribution is -2.41. The van der Waals surface area contributed by atoms with Crippen molar-refractivity contribution in [3.05, 3.63) is 105 Å². The van der Waals surface area contributed by atoms with E-state index in [1.807, 2.05) is 0 Å². The molecule has 6 rings (SSSR count). The van der Waals surface area contributed by atoms with Crippen molar-refractivity contribution in [2.45, 2.75) is 11.3 Å². The highest BCUT2D eigenvalue weighted by Crippen LogP contribution is 2.60. The first-order chi connectivity index (χ1) is 11.3. The van der Waals surface area contributed by atoms with E-state index in [4.69, 9.17) is 6.42 Å². The van der Waals surface area contributed by atoms with Crippen molar-refractivity contribution in [1.82, 2.24) is 0 Å². The van der Waals surface area contributed by atoms with Crippen molar-refractivity contribution in [2.24, 2.45) is 0 Å². The molecule has 1 heteroatoms. The van der Waals surface area contributed by atoms with Crippen LogP contribution >= 0.6 is 15.9 Å². The molecule has 0 atom stereocenters. The highest BCUT2D eigenvalue weighted by molar-refractivity contribution is 9.10. The van der Waals surface area contributed by atoms with E-state index in [9.17, 15) is 0 Å². The molecule has 0 aromatic heterocycles. The standard InChI is InChI=1S/C22H13Br/c1-2-22-17-11-5-3-8-14(17)20(15-9-4-6-12-18(15)22)16-10-7-13-19(23)21(16)22/h1,3-13,20H. The molecule has 0 saturated heterocycles. The Bertz CT molecular complexity index is 959. The Kier molecular flexibility index (Phi) is 2.50. The lowest BCUT2D eigenvalue weighted by molar-refractivity contribution is 0.663. The van der Waals surface area contributed by atoms with Crippen LogP contribution < -0.4 is 0 Å². The zero-order chi connectivity index (χ0) is 15.6. The van der Waals surface area contributed by atoms with E-state index in [2.05, 4.69) is 88.6 Å². The first kappa shape index (κ1) is 13.2. The molecule has 0 aliphatic heterocycles. The Morgan fingerprint density at radius 2 is 1.35 bits per heavy atom.